The van der Waals surface area contributed by atoms with Gasteiger partial charge in [-0.25, -0.2) is 9.97 Å². The molecule has 0 fully saturated rings. The van der Waals surface area contributed by atoms with Gasteiger partial charge >= 0.3 is 0 Å². The van der Waals surface area contributed by atoms with Crippen molar-refractivity contribution in [1.29, 1.82) is 0 Å². The summed E-state index contributed by atoms with van der Waals surface area (Å²) in [5, 5.41) is 0. The highest BCUT2D eigenvalue weighted by Gasteiger charge is 2.13. The van der Waals surface area contributed by atoms with E-state index in [0.717, 1.165) is 5.56 Å². The average molecular weight is 270 g/mol. The molecule has 0 bridgehead atoms. The maximum atomic E-state index is 6.93. The van der Waals surface area contributed by atoms with E-state index >= 15 is 0 Å². The van der Waals surface area contributed by atoms with Crippen LogP contribution in [0.1, 0.15) is 32.4 Å². The van der Waals surface area contributed by atoms with Gasteiger partial charge in [0.15, 0.2) is 11.6 Å². The largest absolute Gasteiger partial charge is 0.451 e. The number of pyridine rings is 1. The van der Waals surface area contributed by atoms with E-state index in [2.05, 4.69) is 27.3 Å². The number of anilines is 2. The topological polar surface area (TPSA) is 99.9 Å². The number of hydrogen-bond donors (Lipinski definition) is 2. The van der Waals surface area contributed by atoms with Crippen LogP contribution < -0.4 is 16.2 Å². The number of nitrogen functional groups attached to an aromatic ring is 2. The van der Waals surface area contributed by atoms with E-state index in [1.54, 1.807) is 12.3 Å². The van der Waals surface area contributed by atoms with Crippen molar-refractivity contribution >= 4 is 11.8 Å². The van der Waals surface area contributed by atoms with E-state index < -0.39 is 0 Å². The summed E-state index contributed by atoms with van der Waals surface area (Å²) >= 11 is 0. The van der Waals surface area contributed by atoms with Gasteiger partial charge in [0.25, 0.3) is 0 Å². The lowest BCUT2D eigenvalue weighted by Gasteiger charge is -2.14. The third-order valence-corrected chi connectivity index (χ3v) is 2.67. The van der Waals surface area contributed by atoms with E-state index in [-0.39, 0.29) is 17.7 Å². The van der Waals surface area contributed by atoms with E-state index in [9.17, 15) is 0 Å². The number of ether oxygens (including phenoxy) is 1. The van der Waals surface area contributed by atoms with Gasteiger partial charge in [-0.2, -0.15) is 4.98 Å². The normalized spacial score (nSPS) is 10.7. The second kappa shape index (κ2) is 5.45. The second-order valence-electron chi connectivity index (χ2n) is 4.47. The first-order chi connectivity index (χ1) is 10.0. The SMILES string of the molecule is [2H]C#Cc1cc(Oc2cnc(N)nc2N)c(C(C)C)cn1. The number of aromatic nitrogens is 3. The number of nitrogens with two attached hydrogens (primary N) is 2. The fourth-order valence-electron chi connectivity index (χ4n) is 1.63. The highest BCUT2D eigenvalue weighted by molar-refractivity contribution is 5.51. The van der Waals surface area contributed by atoms with Crippen LogP contribution >= 0.6 is 0 Å². The quantitative estimate of drug-likeness (QED) is 0.827. The molecule has 102 valence electrons. The van der Waals surface area contributed by atoms with Crippen molar-refractivity contribution in [2.45, 2.75) is 19.8 Å². The van der Waals surface area contributed by atoms with Crippen molar-refractivity contribution in [3.05, 3.63) is 29.7 Å². The van der Waals surface area contributed by atoms with Crippen LogP contribution in [0.25, 0.3) is 0 Å². The van der Waals surface area contributed by atoms with Crippen LogP contribution in [-0.2, 0) is 0 Å². The van der Waals surface area contributed by atoms with Gasteiger partial charge in [0.2, 0.25) is 5.95 Å². The number of hydrogen-bond acceptors (Lipinski definition) is 6. The third-order valence-electron chi connectivity index (χ3n) is 2.67. The molecule has 2 aromatic heterocycles. The molecule has 2 heterocycles. The van der Waals surface area contributed by atoms with Crippen LogP contribution in [0.3, 0.4) is 0 Å². The molecule has 0 radical (unpaired) electrons. The maximum absolute atomic E-state index is 6.93. The molecule has 0 unspecified atom stereocenters. The smallest absolute Gasteiger partial charge is 0.222 e. The van der Waals surface area contributed by atoms with Gasteiger partial charge in [-0.3, -0.25) is 0 Å². The summed E-state index contributed by atoms with van der Waals surface area (Å²) in [6.45, 7) is 4.03. The minimum absolute atomic E-state index is 0.0828. The molecule has 0 atom stereocenters. The van der Waals surface area contributed by atoms with E-state index in [1.807, 2.05) is 13.8 Å². The Labute approximate surface area is 118 Å². The first-order valence-electron chi connectivity index (χ1n) is 6.49. The minimum Gasteiger partial charge on any atom is -0.451 e. The Morgan fingerprint density at radius 2 is 2.10 bits per heavy atom. The lowest BCUT2D eigenvalue weighted by molar-refractivity contribution is 0.470. The maximum Gasteiger partial charge on any atom is 0.222 e. The van der Waals surface area contributed by atoms with Gasteiger partial charge < -0.3 is 16.2 Å². The fourth-order valence-corrected chi connectivity index (χ4v) is 1.63. The molecule has 20 heavy (non-hydrogen) atoms. The van der Waals surface area contributed by atoms with Crippen LogP contribution in [-0.4, -0.2) is 15.0 Å². The first-order valence-corrected chi connectivity index (χ1v) is 5.99. The molecule has 0 saturated carbocycles. The van der Waals surface area contributed by atoms with Crippen molar-refractivity contribution in [2.75, 3.05) is 11.5 Å². The van der Waals surface area contributed by atoms with Gasteiger partial charge in [0, 0.05) is 17.8 Å². The Hall–Kier alpha value is -2.81. The zero-order valence-electron chi connectivity index (χ0n) is 12.2. The average Bonchev–Trinajstić information content (AvgIpc) is 2.42. The summed E-state index contributed by atoms with van der Waals surface area (Å²) in [6, 6.07) is 1.66. The van der Waals surface area contributed by atoms with Crippen molar-refractivity contribution in [1.82, 2.24) is 15.0 Å². The summed E-state index contributed by atoms with van der Waals surface area (Å²) in [4.78, 5) is 11.9. The molecule has 0 aliphatic carbocycles. The molecular formula is C14H15N5O. The number of nitrogens with zero attached hydrogens (tertiary/aromatic N) is 3. The predicted octanol–water partition coefficient (Wildman–Crippen LogP) is 1.93. The Bertz CT molecular complexity index is 721. The van der Waals surface area contributed by atoms with Gasteiger partial charge in [-0.15, -0.1) is 6.40 Å². The molecule has 2 aromatic rings. The highest BCUT2D eigenvalue weighted by Crippen LogP contribution is 2.32. The number of rotatable bonds is 3. The van der Waals surface area contributed by atoms with Crippen LogP contribution in [0.5, 0.6) is 11.5 Å². The zero-order valence-corrected chi connectivity index (χ0v) is 11.2. The molecule has 0 aliphatic rings. The fraction of sp³-hybridized carbons (Fsp3) is 0.214. The van der Waals surface area contributed by atoms with Crippen LogP contribution in [0.15, 0.2) is 18.5 Å². The van der Waals surface area contributed by atoms with Gasteiger partial charge in [-0.1, -0.05) is 19.8 Å². The predicted molar refractivity (Wildman–Crippen MR) is 77.2 cm³/mol. The molecule has 6 heteroatoms. The Kier molecular flexibility index (Phi) is 3.33. The molecule has 0 aromatic carbocycles. The van der Waals surface area contributed by atoms with E-state index in [0.29, 0.717) is 17.2 Å². The highest BCUT2D eigenvalue weighted by atomic mass is 16.5. The molecule has 0 spiro atoms. The number of terminal acetylenes is 1. The zero-order chi connectivity index (χ0) is 15.4. The van der Waals surface area contributed by atoms with Crippen molar-refractivity contribution in [2.24, 2.45) is 0 Å². The molecule has 2 rings (SSSR count). The van der Waals surface area contributed by atoms with Crippen molar-refractivity contribution in [3.63, 3.8) is 0 Å². The lowest BCUT2D eigenvalue weighted by Crippen LogP contribution is -2.03. The monoisotopic (exact) mass is 270 g/mol. The van der Waals surface area contributed by atoms with Crippen molar-refractivity contribution < 1.29 is 6.11 Å². The first kappa shape index (κ1) is 12.2. The van der Waals surface area contributed by atoms with E-state index in [4.69, 9.17) is 17.6 Å². The van der Waals surface area contributed by atoms with E-state index in [1.165, 1.54) is 6.20 Å². The summed E-state index contributed by atoms with van der Waals surface area (Å²) in [5.41, 5.74) is 12.6. The molecule has 0 aliphatic heterocycles. The second-order valence-corrected chi connectivity index (χ2v) is 4.47. The van der Waals surface area contributed by atoms with Gasteiger partial charge in [-0.05, 0) is 5.92 Å². The van der Waals surface area contributed by atoms with Crippen LogP contribution in [0.2, 0.25) is 0 Å². The molecule has 6 nitrogen and oxygen atoms in total. The van der Waals surface area contributed by atoms with Crippen LogP contribution in [0, 0.1) is 12.3 Å². The summed E-state index contributed by atoms with van der Waals surface area (Å²) in [7, 11) is 0. The summed E-state index contributed by atoms with van der Waals surface area (Å²) in [6.07, 6.45) is 5.15. The molecule has 4 N–H and O–H groups in total. The molecule has 0 saturated heterocycles. The van der Waals surface area contributed by atoms with Crippen molar-refractivity contribution in [3.8, 4) is 23.8 Å². The third kappa shape index (κ3) is 2.78. The Balaban J connectivity index is 2.44. The lowest BCUT2D eigenvalue weighted by atomic mass is 10.0. The summed E-state index contributed by atoms with van der Waals surface area (Å²) < 4.78 is 12.7. The Morgan fingerprint density at radius 3 is 2.75 bits per heavy atom. The summed E-state index contributed by atoms with van der Waals surface area (Å²) in [5.74, 6) is 3.86. The van der Waals surface area contributed by atoms with Gasteiger partial charge in [0.1, 0.15) is 12.8 Å². The standard InChI is InChI=1S/C14H15N5O/c1-4-9-5-11(10(6-17-9)8(2)3)20-12-7-18-14(16)19-13(12)15/h1,5-8H,2-3H3,(H4,15,16,18,19)/i1D. The van der Waals surface area contributed by atoms with Crippen LogP contribution in [0.4, 0.5) is 11.8 Å². The van der Waals surface area contributed by atoms with Gasteiger partial charge in [0.05, 0.1) is 6.20 Å². The Morgan fingerprint density at radius 1 is 1.30 bits per heavy atom. The molecule has 0 amide bonds. The molecular weight excluding hydrogens is 254 g/mol. The minimum atomic E-state index is 0.0828.